The van der Waals surface area contributed by atoms with Crippen LogP contribution in [0.2, 0.25) is 0 Å². The minimum absolute atomic E-state index is 0.189. The van der Waals surface area contributed by atoms with E-state index >= 15 is 0 Å². The Morgan fingerprint density at radius 2 is 1.64 bits per heavy atom. The Morgan fingerprint density at radius 3 is 2.38 bits per heavy atom. The van der Waals surface area contributed by atoms with E-state index in [-0.39, 0.29) is 5.56 Å². The van der Waals surface area contributed by atoms with Crippen LogP contribution < -0.4 is 20.3 Å². The molecule has 13 nitrogen and oxygen atoms in total. The third kappa shape index (κ3) is 8.21. The first kappa shape index (κ1) is 38.9. The van der Waals surface area contributed by atoms with Crippen molar-refractivity contribution in [2.75, 3.05) is 67.7 Å². The number of benzene rings is 3. The van der Waals surface area contributed by atoms with Gasteiger partial charge in [-0.05, 0) is 74.4 Å². The highest BCUT2D eigenvalue weighted by molar-refractivity contribution is 7.88. The molecule has 58 heavy (non-hydrogen) atoms. The van der Waals surface area contributed by atoms with Crippen molar-refractivity contribution in [1.29, 1.82) is 0 Å². The summed E-state index contributed by atoms with van der Waals surface area (Å²) in [5.41, 5.74) is 4.42. The number of nitrogens with one attached hydrogen (secondary N) is 2. The van der Waals surface area contributed by atoms with Crippen LogP contribution >= 0.6 is 0 Å². The van der Waals surface area contributed by atoms with Gasteiger partial charge in [0.05, 0.1) is 35.6 Å². The van der Waals surface area contributed by atoms with Crippen LogP contribution in [0, 0.1) is 11.6 Å². The number of carbonyl (C=O) groups excluding carboxylic acids is 1. The predicted molar refractivity (Wildman–Crippen MR) is 220 cm³/mol. The van der Waals surface area contributed by atoms with Crippen molar-refractivity contribution in [2.45, 2.75) is 25.8 Å². The standard InChI is InChI=1S/C42H43F2N9O4S/c1-3-57-36-27-31(50-20-16-30(17-21-50)51-22-24-52(25-23-51)58(2,55)56)13-14-34(36)46-42-45-18-15-35(47-42)40-38(48-37-12-4-5-19-53(37)40)28-8-6-9-29(26-28)41(54)49-39-32(43)10-7-11-33(39)44/h4-15,18-19,26-27,30H,3,16-17,20-25H2,1-2H3,(H,49,54)(H,45,46,47). The first-order valence-corrected chi connectivity index (χ1v) is 21.0. The summed E-state index contributed by atoms with van der Waals surface area (Å²) in [6.07, 6.45) is 6.78. The van der Waals surface area contributed by atoms with Crippen molar-refractivity contribution in [3.05, 3.63) is 115 Å². The van der Waals surface area contributed by atoms with Gasteiger partial charge in [0, 0.05) is 80.6 Å². The van der Waals surface area contributed by atoms with Crippen LogP contribution in [0.1, 0.15) is 30.1 Å². The molecule has 1 amide bonds. The van der Waals surface area contributed by atoms with E-state index in [1.165, 1.54) is 12.3 Å². The van der Waals surface area contributed by atoms with E-state index in [4.69, 9.17) is 14.7 Å². The van der Waals surface area contributed by atoms with Gasteiger partial charge in [-0.15, -0.1) is 0 Å². The molecule has 2 aliphatic rings. The van der Waals surface area contributed by atoms with Gasteiger partial charge < -0.3 is 20.3 Å². The molecular formula is C42H43F2N9O4S. The van der Waals surface area contributed by atoms with E-state index in [2.05, 4.69) is 31.5 Å². The lowest BCUT2D eigenvalue weighted by Gasteiger charge is -2.42. The quantitative estimate of drug-likeness (QED) is 0.146. The number of hydrogen-bond acceptors (Lipinski definition) is 10. The van der Waals surface area contributed by atoms with Crippen molar-refractivity contribution in [3.63, 3.8) is 0 Å². The number of para-hydroxylation sites is 1. The number of ether oxygens (including phenoxy) is 1. The van der Waals surface area contributed by atoms with Crippen LogP contribution in [-0.2, 0) is 10.0 Å². The fraction of sp³-hybridized carbons (Fsp3) is 0.286. The molecule has 0 aliphatic carbocycles. The summed E-state index contributed by atoms with van der Waals surface area (Å²) in [4.78, 5) is 32.3. The SMILES string of the molecule is CCOc1cc(N2CCC(N3CCN(S(C)(=O)=O)CC3)CC2)ccc1Nc1nccc(-c2c(-c3cccc(C(=O)Nc4c(F)cccc4F)c3)nc3ccccn23)n1. The Hall–Kier alpha value is -5.97. The van der Waals surface area contributed by atoms with E-state index in [1.807, 2.05) is 53.9 Å². The number of rotatable bonds is 11. The van der Waals surface area contributed by atoms with Crippen molar-refractivity contribution in [2.24, 2.45) is 0 Å². The molecule has 0 unspecified atom stereocenters. The molecule has 0 spiro atoms. The lowest BCUT2D eigenvalue weighted by molar-refractivity contribution is 0.102. The van der Waals surface area contributed by atoms with Gasteiger partial charge >= 0.3 is 0 Å². The average molecular weight is 808 g/mol. The third-order valence-corrected chi connectivity index (χ3v) is 11.9. The molecule has 300 valence electrons. The Bertz CT molecular complexity index is 2550. The molecule has 2 aliphatic heterocycles. The maximum Gasteiger partial charge on any atom is 0.255 e. The molecule has 16 heteroatoms. The van der Waals surface area contributed by atoms with Gasteiger partial charge in [0.1, 0.15) is 28.7 Å². The Kier molecular flexibility index (Phi) is 11.0. The van der Waals surface area contributed by atoms with Crippen molar-refractivity contribution < 1.29 is 26.7 Å². The van der Waals surface area contributed by atoms with Gasteiger partial charge in [0.2, 0.25) is 16.0 Å². The van der Waals surface area contributed by atoms with E-state index in [1.54, 1.807) is 34.8 Å². The maximum absolute atomic E-state index is 14.3. The second-order valence-corrected chi connectivity index (χ2v) is 16.3. The van der Waals surface area contributed by atoms with Crippen LogP contribution in [0.15, 0.2) is 97.3 Å². The third-order valence-electron chi connectivity index (χ3n) is 10.6. The lowest BCUT2D eigenvalue weighted by atomic mass is 10.0. The summed E-state index contributed by atoms with van der Waals surface area (Å²) in [6, 6.07) is 24.0. The molecule has 3 aromatic heterocycles. The molecule has 0 bridgehead atoms. The summed E-state index contributed by atoms with van der Waals surface area (Å²) in [7, 11) is -3.16. The molecular weight excluding hydrogens is 765 g/mol. The van der Waals surface area contributed by atoms with E-state index < -0.39 is 33.3 Å². The largest absolute Gasteiger partial charge is 0.492 e. The van der Waals surface area contributed by atoms with Gasteiger partial charge in [-0.25, -0.2) is 32.2 Å². The number of piperazine rings is 1. The van der Waals surface area contributed by atoms with Crippen LogP contribution in [0.3, 0.4) is 0 Å². The fourth-order valence-corrected chi connectivity index (χ4v) is 8.53. The summed E-state index contributed by atoms with van der Waals surface area (Å²) in [5, 5.41) is 5.71. The van der Waals surface area contributed by atoms with Crippen LogP contribution in [-0.4, -0.2) is 101 Å². The van der Waals surface area contributed by atoms with Gasteiger partial charge in [0.15, 0.2) is 0 Å². The molecule has 8 rings (SSSR count). The summed E-state index contributed by atoms with van der Waals surface area (Å²) in [5.74, 6) is -1.43. The first-order chi connectivity index (χ1) is 28.1. The number of nitrogens with zero attached hydrogens (tertiary/aromatic N) is 7. The number of sulfonamides is 1. The number of carbonyl (C=O) groups is 1. The smallest absolute Gasteiger partial charge is 0.255 e. The number of piperidine rings is 1. The highest BCUT2D eigenvalue weighted by Gasteiger charge is 2.30. The zero-order valence-corrected chi connectivity index (χ0v) is 32.9. The maximum atomic E-state index is 14.3. The molecule has 0 saturated carbocycles. The Labute approximate surface area is 335 Å². The zero-order chi connectivity index (χ0) is 40.4. The van der Waals surface area contributed by atoms with Crippen molar-refractivity contribution >= 4 is 44.6 Å². The highest BCUT2D eigenvalue weighted by atomic mass is 32.2. The van der Waals surface area contributed by atoms with Crippen LogP contribution in [0.25, 0.3) is 28.3 Å². The van der Waals surface area contributed by atoms with Gasteiger partial charge in [0.25, 0.3) is 5.91 Å². The topological polar surface area (TPSA) is 137 Å². The number of fused-ring (bicyclic) bond motifs is 1. The molecule has 0 atom stereocenters. The van der Waals surface area contributed by atoms with E-state index in [9.17, 15) is 22.0 Å². The second-order valence-electron chi connectivity index (χ2n) is 14.3. The minimum Gasteiger partial charge on any atom is -0.492 e. The molecule has 5 heterocycles. The van der Waals surface area contributed by atoms with Crippen molar-refractivity contribution in [1.82, 2.24) is 28.6 Å². The van der Waals surface area contributed by atoms with Gasteiger partial charge in [-0.2, -0.15) is 4.31 Å². The molecule has 3 aromatic carbocycles. The van der Waals surface area contributed by atoms with Crippen LogP contribution in [0.5, 0.6) is 5.75 Å². The van der Waals surface area contributed by atoms with Gasteiger partial charge in [-0.3, -0.25) is 14.1 Å². The number of aromatic nitrogens is 4. The normalized spacial score (nSPS) is 15.8. The summed E-state index contributed by atoms with van der Waals surface area (Å²) >= 11 is 0. The fourth-order valence-electron chi connectivity index (χ4n) is 7.70. The molecule has 6 aromatic rings. The average Bonchev–Trinajstić information content (AvgIpc) is 3.63. The lowest BCUT2D eigenvalue weighted by Crippen LogP contribution is -2.54. The number of pyridine rings is 1. The van der Waals surface area contributed by atoms with Crippen molar-refractivity contribution in [3.8, 4) is 28.4 Å². The number of halogens is 2. The van der Waals surface area contributed by atoms with Gasteiger partial charge in [-0.1, -0.05) is 24.3 Å². The Balaban J connectivity index is 1.01. The molecule has 2 N–H and O–H groups in total. The summed E-state index contributed by atoms with van der Waals surface area (Å²) < 4.78 is 62.2. The monoisotopic (exact) mass is 807 g/mol. The number of amides is 1. The highest BCUT2D eigenvalue weighted by Crippen LogP contribution is 2.36. The second kappa shape index (κ2) is 16.5. The number of hydrogen-bond donors (Lipinski definition) is 2. The molecule has 2 fully saturated rings. The minimum atomic E-state index is -3.16. The van der Waals surface area contributed by atoms with Crippen LogP contribution in [0.4, 0.5) is 31.8 Å². The summed E-state index contributed by atoms with van der Waals surface area (Å²) in [6.45, 7) is 6.72. The Morgan fingerprint density at radius 1 is 0.879 bits per heavy atom. The first-order valence-electron chi connectivity index (χ1n) is 19.2. The molecule has 0 radical (unpaired) electrons. The van der Waals surface area contributed by atoms with E-state index in [0.29, 0.717) is 71.4 Å². The number of imidazole rings is 1. The van der Waals surface area contributed by atoms with E-state index in [0.717, 1.165) is 56.8 Å². The molecule has 2 saturated heterocycles. The number of anilines is 4. The predicted octanol–water partition coefficient (Wildman–Crippen LogP) is 6.68. The zero-order valence-electron chi connectivity index (χ0n) is 32.1.